The summed E-state index contributed by atoms with van der Waals surface area (Å²) in [7, 11) is 1.52. The van der Waals surface area contributed by atoms with Crippen molar-refractivity contribution in [3.63, 3.8) is 0 Å². The molecule has 1 amide bonds. The minimum Gasteiger partial charge on any atom is -0.496 e. The van der Waals surface area contributed by atoms with Crippen molar-refractivity contribution in [2.24, 2.45) is 0 Å². The molecular weight excluding hydrogens is 412 g/mol. The number of ether oxygens (including phenoxy) is 1. The average Bonchev–Trinajstić information content (AvgIpc) is 3.34. The molecule has 0 saturated carbocycles. The first-order valence-electron chi connectivity index (χ1n) is 8.53. The molecular formula is C19H15ClN6O2S. The Bertz CT molecular complexity index is 1190. The number of nitrogens with one attached hydrogen (secondary N) is 1. The predicted octanol–water partition coefficient (Wildman–Crippen LogP) is 4.01. The van der Waals surface area contributed by atoms with Crippen LogP contribution in [0.3, 0.4) is 0 Å². The zero-order valence-corrected chi connectivity index (χ0v) is 17.0. The van der Waals surface area contributed by atoms with Crippen LogP contribution < -0.4 is 10.1 Å². The van der Waals surface area contributed by atoms with E-state index in [-0.39, 0.29) is 5.91 Å². The van der Waals surface area contributed by atoms with Gasteiger partial charge in [-0.05, 0) is 37.3 Å². The van der Waals surface area contributed by atoms with Gasteiger partial charge >= 0.3 is 0 Å². The van der Waals surface area contributed by atoms with Crippen molar-refractivity contribution in [1.29, 1.82) is 0 Å². The number of rotatable bonds is 5. The van der Waals surface area contributed by atoms with Gasteiger partial charge in [0.15, 0.2) is 11.5 Å². The quantitative estimate of drug-likeness (QED) is 0.518. The van der Waals surface area contributed by atoms with E-state index in [0.717, 1.165) is 22.9 Å². The highest BCUT2D eigenvalue weighted by molar-refractivity contribution is 7.10. The van der Waals surface area contributed by atoms with Crippen LogP contribution in [0.4, 0.5) is 5.13 Å². The molecule has 2 aromatic heterocycles. The molecule has 10 heteroatoms. The standard InChI is InChI=1S/C19H15ClN6O2S/c1-11-16(23-25-26(11)13-7-5-6-12(20)10-13)17-21-19(29-24-17)22-18(27)14-8-3-4-9-15(14)28-2/h3-10H,1-2H3,(H,21,22,24,27). The van der Waals surface area contributed by atoms with Crippen LogP contribution in [0.25, 0.3) is 17.2 Å². The summed E-state index contributed by atoms with van der Waals surface area (Å²) in [4.78, 5) is 16.9. The maximum atomic E-state index is 12.5. The Morgan fingerprint density at radius 1 is 1.21 bits per heavy atom. The van der Waals surface area contributed by atoms with Crippen molar-refractivity contribution < 1.29 is 9.53 Å². The Hall–Kier alpha value is -3.30. The van der Waals surface area contributed by atoms with Gasteiger partial charge in [0.05, 0.1) is 24.1 Å². The van der Waals surface area contributed by atoms with E-state index in [0.29, 0.717) is 33.0 Å². The first kappa shape index (κ1) is 19.0. The Morgan fingerprint density at radius 3 is 2.83 bits per heavy atom. The largest absolute Gasteiger partial charge is 0.496 e. The fraction of sp³-hybridized carbons (Fsp3) is 0.105. The number of benzene rings is 2. The van der Waals surface area contributed by atoms with Crippen molar-refractivity contribution in [3.8, 4) is 23.0 Å². The van der Waals surface area contributed by atoms with Crippen molar-refractivity contribution in [1.82, 2.24) is 24.4 Å². The summed E-state index contributed by atoms with van der Waals surface area (Å²) in [6.07, 6.45) is 0. The summed E-state index contributed by atoms with van der Waals surface area (Å²) >= 11 is 7.13. The van der Waals surface area contributed by atoms with Crippen LogP contribution in [0.2, 0.25) is 5.02 Å². The fourth-order valence-electron chi connectivity index (χ4n) is 2.76. The van der Waals surface area contributed by atoms with E-state index >= 15 is 0 Å². The SMILES string of the molecule is COc1ccccc1C(=O)Nc1nc(-c2nnn(-c3cccc(Cl)c3)c2C)ns1. The molecule has 0 aliphatic heterocycles. The van der Waals surface area contributed by atoms with E-state index in [1.54, 1.807) is 41.1 Å². The molecule has 2 heterocycles. The van der Waals surface area contributed by atoms with E-state index in [1.807, 2.05) is 19.1 Å². The third-order valence-corrected chi connectivity index (χ3v) is 5.02. The highest BCUT2D eigenvalue weighted by atomic mass is 35.5. The molecule has 1 N–H and O–H groups in total. The summed E-state index contributed by atoms with van der Waals surface area (Å²) in [6.45, 7) is 1.87. The minimum absolute atomic E-state index is 0.329. The van der Waals surface area contributed by atoms with Crippen LogP contribution in [0.5, 0.6) is 5.75 Å². The smallest absolute Gasteiger partial charge is 0.261 e. The molecule has 146 valence electrons. The molecule has 4 rings (SSSR count). The molecule has 0 fully saturated rings. The Labute approximate surface area is 175 Å². The maximum absolute atomic E-state index is 12.5. The number of hydrogen-bond acceptors (Lipinski definition) is 7. The van der Waals surface area contributed by atoms with E-state index in [2.05, 4.69) is 25.0 Å². The Balaban J connectivity index is 1.58. The number of para-hydroxylation sites is 1. The van der Waals surface area contributed by atoms with E-state index < -0.39 is 0 Å². The lowest BCUT2D eigenvalue weighted by molar-refractivity contribution is 0.102. The van der Waals surface area contributed by atoms with Gasteiger partial charge in [-0.2, -0.15) is 9.36 Å². The highest BCUT2D eigenvalue weighted by Crippen LogP contribution is 2.25. The Kier molecular flexibility index (Phi) is 5.24. The molecule has 0 aliphatic carbocycles. The number of nitrogens with zero attached hydrogens (tertiary/aromatic N) is 5. The number of carbonyl (C=O) groups excluding carboxylic acids is 1. The van der Waals surface area contributed by atoms with Crippen molar-refractivity contribution in [2.75, 3.05) is 12.4 Å². The normalized spacial score (nSPS) is 10.7. The summed E-state index contributed by atoms with van der Waals surface area (Å²) in [6, 6.07) is 14.3. The topological polar surface area (TPSA) is 94.8 Å². The molecule has 0 aliphatic rings. The number of carbonyl (C=O) groups is 1. The zero-order chi connectivity index (χ0) is 20.4. The lowest BCUT2D eigenvalue weighted by atomic mass is 10.2. The monoisotopic (exact) mass is 426 g/mol. The first-order valence-corrected chi connectivity index (χ1v) is 9.68. The lowest BCUT2D eigenvalue weighted by Gasteiger charge is -2.06. The molecule has 0 radical (unpaired) electrons. The van der Waals surface area contributed by atoms with Crippen LogP contribution in [0, 0.1) is 6.92 Å². The maximum Gasteiger partial charge on any atom is 0.261 e. The Morgan fingerprint density at radius 2 is 2.03 bits per heavy atom. The number of halogens is 1. The van der Waals surface area contributed by atoms with Gasteiger partial charge in [-0.25, -0.2) is 4.68 Å². The zero-order valence-electron chi connectivity index (χ0n) is 15.5. The van der Waals surface area contributed by atoms with Gasteiger partial charge in [0, 0.05) is 16.6 Å². The van der Waals surface area contributed by atoms with Crippen LogP contribution in [0.15, 0.2) is 48.5 Å². The van der Waals surface area contributed by atoms with E-state index in [4.69, 9.17) is 16.3 Å². The van der Waals surface area contributed by atoms with Crippen LogP contribution in [-0.2, 0) is 0 Å². The second kappa shape index (κ2) is 7.98. The fourth-order valence-corrected chi connectivity index (χ4v) is 3.51. The first-order chi connectivity index (χ1) is 14.1. The molecule has 29 heavy (non-hydrogen) atoms. The molecule has 2 aromatic carbocycles. The van der Waals surface area contributed by atoms with Gasteiger partial charge in [-0.3, -0.25) is 10.1 Å². The predicted molar refractivity (Wildman–Crippen MR) is 111 cm³/mol. The summed E-state index contributed by atoms with van der Waals surface area (Å²) in [5.74, 6) is 0.538. The second-order valence-electron chi connectivity index (χ2n) is 5.99. The average molecular weight is 427 g/mol. The van der Waals surface area contributed by atoms with Crippen LogP contribution >= 0.6 is 23.1 Å². The molecule has 8 nitrogen and oxygen atoms in total. The van der Waals surface area contributed by atoms with Gasteiger partial charge in [0.1, 0.15) is 5.75 Å². The highest BCUT2D eigenvalue weighted by Gasteiger charge is 2.19. The molecule has 4 aromatic rings. The van der Waals surface area contributed by atoms with E-state index in [1.165, 1.54) is 7.11 Å². The summed E-state index contributed by atoms with van der Waals surface area (Å²) in [5, 5.41) is 12.1. The van der Waals surface area contributed by atoms with Gasteiger partial charge in [0.2, 0.25) is 5.13 Å². The molecule has 0 bridgehead atoms. The van der Waals surface area contributed by atoms with Crippen molar-refractivity contribution >= 4 is 34.2 Å². The molecule has 0 spiro atoms. The second-order valence-corrected chi connectivity index (χ2v) is 7.18. The summed E-state index contributed by atoms with van der Waals surface area (Å²) in [5.41, 5.74) is 2.48. The lowest BCUT2D eigenvalue weighted by Crippen LogP contribution is -2.12. The van der Waals surface area contributed by atoms with Crippen LogP contribution in [-0.4, -0.2) is 37.4 Å². The molecule has 0 saturated heterocycles. The molecule has 0 unspecified atom stereocenters. The number of methoxy groups -OCH3 is 1. The van der Waals surface area contributed by atoms with Crippen molar-refractivity contribution in [3.05, 3.63) is 64.8 Å². The number of hydrogen-bond donors (Lipinski definition) is 1. The van der Waals surface area contributed by atoms with Gasteiger partial charge in [0.25, 0.3) is 5.91 Å². The minimum atomic E-state index is -0.329. The number of anilines is 1. The van der Waals surface area contributed by atoms with E-state index in [9.17, 15) is 4.79 Å². The third-order valence-electron chi connectivity index (χ3n) is 4.16. The van der Waals surface area contributed by atoms with Gasteiger partial charge in [-0.1, -0.05) is 35.0 Å². The van der Waals surface area contributed by atoms with Gasteiger partial charge in [-0.15, -0.1) is 5.10 Å². The van der Waals surface area contributed by atoms with Gasteiger partial charge < -0.3 is 4.74 Å². The van der Waals surface area contributed by atoms with Crippen LogP contribution in [0.1, 0.15) is 16.1 Å². The summed E-state index contributed by atoms with van der Waals surface area (Å²) < 4.78 is 11.2. The third kappa shape index (κ3) is 3.82. The van der Waals surface area contributed by atoms with Crippen molar-refractivity contribution in [2.45, 2.75) is 6.92 Å². The number of aromatic nitrogens is 5. The molecule has 0 atom stereocenters. The number of amides is 1.